The van der Waals surface area contributed by atoms with Crippen molar-refractivity contribution in [2.45, 2.75) is 51.2 Å². The number of carbonyl (C=O) groups excluding carboxylic acids is 1. The fourth-order valence-electron chi connectivity index (χ4n) is 5.28. The Balaban J connectivity index is 1.07. The smallest absolute Gasteiger partial charge is 0.251 e. The van der Waals surface area contributed by atoms with Crippen molar-refractivity contribution in [2.75, 3.05) is 42.6 Å². The monoisotopic (exact) mass is 515 g/mol. The van der Waals surface area contributed by atoms with E-state index in [0.29, 0.717) is 24.7 Å². The Morgan fingerprint density at radius 3 is 2.68 bits per heavy atom. The van der Waals surface area contributed by atoms with Gasteiger partial charge in [0.2, 0.25) is 11.8 Å². The maximum Gasteiger partial charge on any atom is 0.251 e. The average Bonchev–Trinajstić information content (AvgIpc) is 3.63. The van der Waals surface area contributed by atoms with Gasteiger partial charge in [0.05, 0.1) is 12.6 Å². The molecule has 1 atom stereocenters. The number of anilines is 3. The highest BCUT2D eigenvalue weighted by atomic mass is 16.5. The summed E-state index contributed by atoms with van der Waals surface area (Å²) in [5, 5.41) is 3.07. The maximum atomic E-state index is 12.7. The Labute approximate surface area is 222 Å². The van der Waals surface area contributed by atoms with Gasteiger partial charge in [-0.05, 0) is 48.6 Å². The third-order valence-electron chi connectivity index (χ3n) is 7.52. The second-order valence-corrected chi connectivity index (χ2v) is 10.0. The number of benzene rings is 1. The van der Waals surface area contributed by atoms with Gasteiger partial charge in [-0.25, -0.2) is 19.9 Å². The van der Waals surface area contributed by atoms with Crippen LogP contribution < -0.4 is 19.9 Å². The zero-order chi connectivity index (χ0) is 25.9. The lowest BCUT2D eigenvalue weighted by molar-refractivity contribution is 0.0930. The molecule has 3 aromatic rings. The lowest BCUT2D eigenvalue weighted by Crippen LogP contribution is -2.39. The van der Waals surface area contributed by atoms with Crippen LogP contribution in [0.25, 0.3) is 0 Å². The molecule has 1 N–H and O–H groups in total. The first-order valence-corrected chi connectivity index (χ1v) is 13.5. The maximum absolute atomic E-state index is 12.7. The molecule has 2 saturated heterocycles. The molecule has 198 valence electrons. The molecular weight excluding hydrogens is 482 g/mol. The Kier molecular flexibility index (Phi) is 7.04. The van der Waals surface area contributed by atoms with Crippen LogP contribution in [0.15, 0.2) is 43.0 Å². The van der Waals surface area contributed by atoms with E-state index in [1.165, 1.54) is 0 Å². The summed E-state index contributed by atoms with van der Waals surface area (Å²) >= 11 is 0. The van der Waals surface area contributed by atoms with Gasteiger partial charge in [-0.1, -0.05) is 6.92 Å². The van der Waals surface area contributed by atoms with E-state index in [0.717, 1.165) is 80.3 Å². The molecule has 0 aliphatic carbocycles. The first-order chi connectivity index (χ1) is 18.7. The van der Waals surface area contributed by atoms with Gasteiger partial charge < -0.3 is 24.6 Å². The quantitative estimate of drug-likeness (QED) is 0.508. The summed E-state index contributed by atoms with van der Waals surface area (Å²) in [5.41, 5.74) is 4.04. The highest BCUT2D eigenvalue weighted by Crippen LogP contribution is 2.35. The first kappa shape index (κ1) is 24.5. The molecule has 5 heterocycles. The fraction of sp³-hybridized carbons (Fsp3) is 0.464. The molecule has 0 saturated carbocycles. The van der Waals surface area contributed by atoms with Crippen molar-refractivity contribution in [3.8, 4) is 5.88 Å². The van der Waals surface area contributed by atoms with Gasteiger partial charge in [-0.2, -0.15) is 0 Å². The van der Waals surface area contributed by atoms with Crippen LogP contribution >= 0.6 is 0 Å². The van der Waals surface area contributed by atoms with Crippen molar-refractivity contribution in [1.82, 2.24) is 25.3 Å². The number of aromatic nitrogens is 4. The van der Waals surface area contributed by atoms with E-state index in [9.17, 15) is 4.79 Å². The average molecular weight is 516 g/mol. The molecule has 6 rings (SSSR count). The number of fused-ring (bicyclic) bond motifs is 1. The van der Waals surface area contributed by atoms with Crippen molar-refractivity contribution < 1.29 is 14.3 Å². The summed E-state index contributed by atoms with van der Waals surface area (Å²) in [7, 11) is 0. The van der Waals surface area contributed by atoms with Gasteiger partial charge in [0.1, 0.15) is 18.2 Å². The number of hydrogen-bond acceptors (Lipinski definition) is 9. The van der Waals surface area contributed by atoms with Gasteiger partial charge in [0, 0.05) is 68.8 Å². The highest BCUT2D eigenvalue weighted by Gasteiger charge is 2.26. The van der Waals surface area contributed by atoms with E-state index in [2.05, 4.69) is 42.0 Å². The molecule has 1 unspecified atom stereocenters. The summed E-state index contributed by atoms with van der Waals surface area (Å²) in [4.78, 5) is 35.0. The number of nitrogens with one attached hydrogen (secondary N) is 1. The van der Waals surface area contributed by atoms with E-state index in [1.807, 2.05) is 36.7 Å². The number of ether oxygens (including phenoxy) is 2. The van der Waals surface area contributed by atoms with E-state index >= 15 is 0 Å². The van der Waals surface area contributed by atoms with Crippen molar-refractivity contribution in [3.63, 3.8) is 0 Å². The van der Waals surface area contributed by atoms with Crippen molar-refractivity contribution >= 4 is 23.4 Å². The van der Waals surface area contributed by atoms with Crippen molar-refractivity contribution in [2.24, 2.45) is 0 Å². The molecular formula is C28H33N7O3. The molecule has 1 aromatic carbocycles. The molecule has 0 spiro atoms. The third kappa shape index (κ3) is 5.26. The normalized spacial score (nSPS) is 19.4. The van der Waals surface area contributed by atoms with Crippen LogP contribution in [0.3, 0.4) is 0 Å². The Morgan fingerprint density at radius 2 is 1.92 bits per heavy atom. The zero-order valence-corrected chi connectivity index (χ0v) is 21.7. The molecule has 10 heteroatoms. The van der Waals surface area contributed by atoms with Gasteiger partial charge in [0.15, 0.2) is 0 Å². The molecule has 3 aliphatic rings. The molecule has 1 amide bonds. The number of amides is 1. The molecule has 0 bridgehead atoms. The van der Waals surface area contributed by atoms with Gasteiger partial charge in [0.25, 0.3) is 5.91 Å². The van der Waals surface area contributed by atoms with E-state index in [-0.39, 0.29) is 18.1 Å². The van der Waals surface area contributed by atoms with Crippen LogP contribution in [0.5, 0.6) is 5.88 Å². The minimum atomic E-state index is -0.0462. The van der Waals surface area contributed by atoms with Crippen LogP contribution in [0, 0.1) is 0 Å². The van der Waals surface area contributed by atoms with Crippen molar-refractivity contribution in [3.05, 3.63) is 59.7 Å². The van der Waals surface area contributed by atoms with Crippen molar-refractivity contribution in [1.29, 1.82) is 0 Å². The van der Waals surface area contributed by atoms with Crippen LogP contribution in [0.2, 0.25) is 0 Å². The van der Waals surface area contributed by atoms with E-state index in [4.69, 9.17) is 9.47 Å². The molecule has 0 radical (unpaired) electrons. The predicted octanol–water partition coefficient (Wildman–Crippen LogP) is 3.09. The number of hydrogen-bond donors (Lipinski definition) is 1. The number of nitrogens with zero attached hydrogens (tertiary/aromatic N) is 6. The summed E-state index contributed by atoms with van der Waals surface area (Å²) < 4.78 is 11.6. The molecule has 3 aliphatic heterocycles. The minimum Gasteiger partial charge on any atom is -0.474 e. The lowest BCUT2D eigenvalue weighted by Gasteiger charge is -2.32. The summed E-state index contributed by atoms with van der Waals surface area (Å²) in [6.07, 6.45) is 9.87. The number of carbonyl (C=O) groups is 1. The lowest BCUT2D eigenvalue weighted by atomic mass is 10.1. The first-order valence-electron chi connectivity index (χ1n) is 13.5. The minimum absolute atomic E-state index is 0.0462. The summed E-state index contributed by atoms with van der Waals surface area (Å²) in [6, 6.07) is 7.89. The standard InChI is InChI=1S/C28H33N7O3/c1-2-19-15-29-28(30-16-19)34-9-6-23(7-10-34)38-26-14-25(31-18-32-26)35-11-5-20-13-21(3-4-24(20)35)27(36)33-22-8-12-37-17-22/h3-4,13-16,18,22-23H,2,5-12,17H2,1H3,(H,33,36). The second-order valence-electron chi connectivity index (χ2n) is 10.0. The molecule has 2 fully saturated rings. The largest absolute Gasteiger partial charge is 0.474 e. The SMILES string of the molecule is CCc1cnc(N2CCC(Oc3cc(N4CCc5cc(C(=O)NC6CCOC6)ccc54)ncn3)CC2)nc1. The number of aryl methyl sites for hydroxylation is 1. The molecule has 38 heavy (non-hydrogen) atoms. The van der Waals surface area contributed by atoms with Crippen LogP contribution in [0.4, 0.5) is 17.5 Å². The number of rotatable bonds is 7. The zero-order valence-electron chi connectivity index (χ0n) is 21.7. The summed E-state index contributed by atoms with van der Waals surface area (Å²) in [6.45, 7) is 5.88. The summed E-state index contributed by atoms with van der Waals surface area (Å²) in [5.74, 6) is 2.12. The van der Waals surface area contributed by atoms with Gasteiger partial charge in [-0.15, -0.1) is 0 Å². The van der Waals surface area contributed by atoms with Crippen LogP contribution in [0.1, 0.15) is 47.7 Å². The van der Waals surface area contributed by atoms with E-state index in [1.54, 1.807) is 6.33 Å². The fourth-order valence-corrected chi connectivity index (χ4v) is 5.28. The predicted molar refractivity (Wildman–Crippen MR) is 143 cm³/mol. The second kappa shape index (κ2) is 10.9. The third-order valence-corrected chi connectivity index (χ3v) is 7.52. The molecule has 10 nitrogen and oxygen atoms in total. The molecule has 2 aromatic heterocycles. The van der Waals surface area contributed by atoms with E-state index < -0.39 is 0 Å². The van der Waals surface area contributed by atoms with Gasteiger partial charge >= 0.3 is 0 Å². The van der Waals surface area contributed by atoms with Crippen LogP contribution in [-0.2, 0) is 17.6 Å². The Bertz CT molecular complexity index is 1270. The Morgan fingerprint density at radius 1 is 1.08 bits per heavy atom. The Hall–Kier alpha value is -3.79. The number of piperidine rings is 1. The van der Waals surface area contributed by atoms with Gasteiger partial charge in [-0.3, -0.25) is 4.79 Å². The highest BCUT2D eigenvalue weighted by molar-refractivity contribution is 5.95. The van der Waals surface area contributed by atoms with Crippen LogP contribution in [-0.4, -0.2) is 70.8 Å². The topological polar surface area (TPSA) is 106 Å².